The smallest absolute Gasteiger partial charge is 0.306 e. The van der Waals surface area contributed by atoms with Gasteiger partial charge in [-0.15, -0.1) is 5.10 Å². The molecule has 0 spiro atoms. The Bertz CT molecular complexity index is 1560. The van der Waals surface area contributed by atoms with Gasteiger partial charge in [0.15, 0.2) is 0 Å². The van der Waals surface area contributed by atoms with Crippen LogP contribution in [-0.4, -0.2) is 65.8 Å². The molecule has 41 heavy (non-hydrogen) atoms. The van der Waals surface area contributed by atoms with E-state index in [0.29, 0.717) is 19.7 Å². The number of likely N-dealkylation sites (N-methyl/N-ethyl adjacent to an activating group) is 1. The monoisotopic (exact) mass is 578 g/mol. The number of esters is 1. The van der Waals surface area contributed by atoms with Crippen molar-refractivity contribution in [2.24, 2.45) is 7.05 Å². The summed E-state index contributed by atoms with van der Waals surface area (Å²) in [5.41, 5.74) is 8.55. The van der Waals surface area contributed by atoms with Crippen molar-refractivity contribution in [1.29, 1.82) is 0 Å². The van der Waals surface area contributed by atoms with Crippen LogP contribution in [0.3, 0.4) is 0 Å². The molecule has 4 rings (SSSR count). The van der Waals surface area contributed by atoms with E-state index in [4.69, 9.17) is 4.74 Å². The molecule has 0 saturated heterocycles. The fraction of sp³-hybridized carbons (Fsp3) is 0.400. The zero-order chi connectivity index (χ0) is 29.7. The van der Waals surface area contributed by atoms with E-state index in [-0.39, 0.29) is 24.9 Å². The Kier molecular flexibility index (Phi) is 9.85. The summed E-state index contributed by atoms with van der Waals surface area (Å²) < 4.78 is 31.2. The largest absolute Gasteiger partial charge is 0.466 e. The Balaban J connectivity index is 1.64. The Morgan fingerprint density at radius 2 is 1.90 bits per heavy atom. The number of aryl methyl sites for hydroxylation is 4. The third kappa shape index (κ3) is 6.98. The van der Waals surface area contributed by atoms with Crippen LogP contribution in [0.25, 0.3) is 11.0 Å². The number of fused-ring (bicyclic) bond motifs is 1. The van der Waals surface area contributed by atoms with Crippen molar-refractivity contribution in [2.75, 3.05) is 31.6 Å². The number of hydrogen-bond donors (Lipinski definition) is 1. The van der Waals surface area contributed by atoms with Crippen LogP contribution in [0.1, 0.15) is 52.6 Å². The molecular formula is C30H38N6O4S. The molecule has 2 aromatic carbocycles. The van der Waals surface area contributed by atoms with Gasteiger partial charge in [0, 0.05) is 57.7 Å². The third-order valence-corrected chi connectivity index (χ3v) is 8.31. The lowest BCUT2D eigenvalue weighted by Gasteiger charge is -2.26. The van der Waals surface area contributed by atoms with Crippen LogP contribution in [0.15, 0.2) is 48.8 Å². The standard InChI is InChI=1S/C30H38N6O4S/c1-7-40-29(37)17-26(25-10-11-28-30(22(25)4)32-33-35(28)6)23-9-8-20(2)24(16-23)19-36(41(38)39)15-14-34(5)27-12-13-31-18-21(27)3/h8-13,16,18,26H,7,14-15,17,19H2,1-6H3,(H,38,39). The summed E-state index contributed by atoms with van der Waals surface area (Å²) in [4.78, 5) is 18.9. The minimum atomic E-state index is -2.17. The molecule has 1 N–H and O–H groups in total. The van der Waals surface area contributed by atoms with Crippen molar-refractivity contribution >= 4 is 34.0 Å². The minimum Gasteiger partial charge on any atom is -0.466 e. The van der Waals surface area contributed by atoms with Gasteiger partial charge in [-0.05, 0) is 73.2 Å². The van der Waals surface area contributed by atoms with Crippen molar-refractivity contribution in [3.63, 3.8) is 0 Å². The zero-order valence-electron chi connectivity index (χ0n) is 24.5. The summed E-state index contributed by atoms with van der Waals surface area (Å²) >= 11 is -2.17. The van der Waals surface area contributed by atoms with Crippen LogP contribution in [0, 0.1) is 20.8 Å². The number of nitrogens with zero attached hydrogens (tertiary/aromatic N) is 6. The van der Waals surface area contributed by atoms with Crippen LogP contribution < -0.4 is 4.90 Å². The highest BCUT2D eigenvalue weighted by molar-refractivity contribution is 7.76. The molecule has 2 aromatic heterocycles. The average molecular weight is 579 g/mol. The Morgan fingerprint density at radius 3 is 2.61 bits per heavy atom. The second-order valence-electron chi connectivity index (χ2n) is 10.3. The summed E-state index contributed by atoms with van der Waals surface area (Å²) in [6.07, 6.45) is 3.71. The summed E-state index contributed by atoms with van der Waals surface area (Å²) in [5.74, 6) is -0.570. The van der Waals surface area contributed by atoms with E-state index in [2.05, 4.69) is 20.2 Å². The van der Waals surface area contributed by atoms with E-state index in [1.165, 1.54) is 4.31 Å². The molecule has 0 amide bonds. The maximum absolute atomic E-state index is 12.7. The molecule has 2 unspecified atom stereocenters. The number of carbonyl (C=O) groups is 1. The average Bonchev–Trinajstić information content (AvgIpc) is 3.32. The number of anilines is 1. The van der Waals surface area contributed by atoms with E-state index in [1.807, 2.05) is 71.3 Å². The second kappa shape index (κ2) is 13.3. The first-order valence-electron chi connectivity index (χ1n) is 13.6. The number of ether oxygens (including phenoxy) is 1. The number of aromatic nitrogens is 4. The number of carbonyl (C=O) groups excluding carboxylic acids is 1. The van der Waals surface area contributed by atoms with Crippen LogP contribution >= 0.6 is 0 Å². The van der Waals surface area contributed by atoms with Crippen molar-refractivity contribution in [3.8, 4) is 0 Å². The lowest BCUT2D eigenvalue weighted by atomic mass is 9.84. The summed E-state index contributed by atoms with van der Waals surface area (Å²) in [5, 5.41) is 8.50. The fourth-order valence-corrected chi connectivity index (χ4v) is 5.66. The summed E-state index contributed by atoms with van der Waals surface area (Å²) in [6.45, 7) is 9.28. The van der Waals surface area contributed by atoms with E-state index in [1.54, 1.807) is 24.0 Å². The van der Waals surface area contributed by atoms with Gasteiger partial charge in [-0.2, -0.15) is 4.31 Å². The molecule has 10 nitrogen and oxygen atoms in total. The first-order valence-corrected chi connectivity index (χ1v) is 14.7. The quantitative estimate of drug-likeness (QED) is 0.194. The number of pyridine rings is 1. The van der Waals surface area contributed by atoms with E-state index < -0.39 is 11.3 Å². The molecule has 0 aliphatic carbocycles. The van der Waals surface area contributed by atoms with Crippen LogP contribution in [0.5, 0.6) is 0 Å². The van der Waals surface area contributed by atoms with Gasteiger partial charge in [-0.1, -0.05) is 29.5 Å². The highest BCUT2D eigenvalue weighted by atomic mass is 32.2. The van der Waals surface area contributed by atoms with Crippen LogP contribution in [0.4, 0.5) is 5.69 Å². The first-order chi connectivity index (χ1) is 19.6. The van der Waals surface area contributed by atoms with Crippen molar-refractivity contribution in [1.82, 2.24) is 24.3 Å². The highest BCUT2D eigenvalue weighted by Gasteiger charge is 2.24. The Hall–Kier alpha value is -3.67. The number of hydrogen-bond acceptors (Lipinski definition) is 7. The molecule has 0 radical (unpaired) electrons. The SMILES string of the molecule is CCOC(=O)CC(c1ccc(C)c(CN(CCN(C)c2ccncc2C)S(=O)O)c1)c1ccc2c(nnn2C)c1C. The molecular weight excluding hydrogens is 540 g/mol. The second-order valence-corrected chi connectivity index (χ2v) is 11.3. The first kappa shape index (κ1) is 30.3. The molecule has 218 valence electrons. The molecule has 2 atom stereocenters. The van der Waals surface area contributed by atoms with Gasteiger partial charge >= 0.3 is 5.97 Å². The fourth-order valence-electron chi connectivity index (χ4n) is 5.18. The molecule has 4 aromatic rings. The van der Waals surface area contributed by atoms with Gasteiger partial charge in [0.2, 0.25) is 11.3 Å². The Morgan fingerprint density at radius 1 is 1.12 bits per heavy atom. The van der Waals surface area contributed by atoms with E-state index >= 15 is 0 Å². The van der Waals surface area contributed by atoms with Gasteiger partial charge in [0.1, 0.15) is 5.52 Å². The summed E-state index contributed by atoms with van der Waals surface area (Å²) in [7, 11) is 3.81. The lowest BCUT2D eigenvalue weighted by molar-refractivity contribution is -0.143. The highest BCUT2D eigenvalue weighted by Crippen LogP contribution is 2.34. The van der Waals surface area contributed by atoms with Gasteiger partial charge in [-0.3, -0.25) is 14.3 Å². The van der Waals surface area contributed by atoms with Crippen LogP contribution in [-0.2, 0) is 34.4 Å². The van der Waals surface area contributed by atoms with E-state index in [9.17, 15) is 13.6 Å². The van der Waals surface area contributed by atoms with Gasteiger partial charge in [0.25, 0.3) is 0 Å². The van der Waals surface area contributed by atoms with E-state index in [0.717, 1.165) is 50.1 Å². The molecule has 0 bridgehead atoms. The molecule has 11 heteroatoms. The van der Waals surface area contributed by atoms with Crippen molar-refractivity contribution in [3.05, 3.63) is 82.2 Å². The third-order valence-electron chi connectivity index (χ3n) is 7.56. The number of benzene rings is 2. The molecule has 0 saturated carbocycles. The minimum absolute atomic E-state index is 0.161. The molecule has 0 fully saturated rings. The van der Waals surface area contributed by atoms with Crippen molar-refractivity contribution < 1.29 is 18.3 Å². The summed E-state index contributed by atoms with van der Waals surface area (Å²) in [6, 6.07) is 12.0. The molecule has 2 heterocycles. The van der Waals surface area contributed by atoms with Crippen molar-refractivity contribution in [2.45, 2.75) is 46.6 Å². The lowest BCUT2D eigenvalue weighted by Crippen LogP contribution is -2.34. The maximum Gasteiger partial charge on any atom is 0.306 e. The number of rotatable bonds is 12. The predicted octanol–water partition coefficient (Wildman–Crippen LogP) is 4.45. The maximum atomic E-state index is 12.7. The zero-order valence-corrected chi connectivity index (χ0v) is 25.3. The van der Waals surface area contributed by atoms with Gasteiger partial charge in [0.05, 0.1) is 18.5 Å². The molecule has 0 aliphatic rings. The molecule has 0 aliphatic heterocycles. The predicted molar refractivity (Wildman–Crippen MR) is 161 cm³/mol. The van der Waals surface area contributed by atoms with Gasteiger partial charge < -0.3 is 9.64 Å². The Labute approximate surface area is 243 Å². The normalized spacial score (nSPS) is 13.0. The van der Waals surface area contributed by atoms with Gasteiger partial charge in [-0.25, -0.2) is 8.89 Å². The topological polar surface area (TPSA) is 114 Å². The van der Waals surface area contributed by atoms with Crippen LogP contribution in [0.2, 0.25) is 0 Å².